The van der Waals surface area contributed by atoms with Gasteiger partial charge in [0.2, 0.25) is 0 Å². The maximum absolute atomic E-state index is 9.88. The molecule has 0 unspecified atom stereocenters. The Bertz CT molecular complexity index is 177. The molecule has 3 N–H and O–H groups in total. The zero-order valence-corrected chi connectivity index (χ0v) is 9.83. The fourth-order valence-electron chi connectivity index (χ4n) is 3.20. The van der Waals surface area contributed by atoms with Crippen molar-refractivity contribution in [3.63, 3.8) is 0 Å². The monoisotopic (exact) mass is 212 g/mol. The summed E-state index contributed by atoms with van der Waals surface area (Å²) in [6.07, 6.45) is 12.0. The lowest BCUT2D eigenvalue weighted by Gasteiger charge is -2.28. The molecule has 0 aromatic rings. The Morgan fingerprint density at radius 3 is 2.27 bits per heavy atom. The van der Waals surface area contributed by atoms with Crippen molar-refractivity contribution in [2.75, 3.05) is 6.54 Å². The molecule has 2 nitrogen and oxygen atoms in total. The minimum Gasteiger partial charge on any atom is -0.393 e. The van der Waals surface area contributed by atoms with Gasteiger partial charge in [0.1, 0.15) is 0 Å². The van der Waals surface area contributed by atoms with Crippen LogP contribution in [0.3, 0.4) is 0 Å². The Hall–Kier alpha value is -0.0800. The van der Waals surface area contributed by atoms with Gasteiger partial charge in [0, 0.05) is 5.92 Å². The predicted octanol–water partition coefficient (Wildman–Crippen LogP) is 1.43. The average Bonchev–Trinajstić information content (AvgIpc) is 2.29. The van der Waals surface area contributed by atoms with E-state index in [1.54, 1.807) is 0 Å². The summed E-state index contributed by atoms with van der Waals surface area (Å²) in [6, 6.07) is 0.868. The van der Waals surface area contributed by atoms with E-state index in [1.807, 2.05) is 0 Å². The van der Waals surface area contributed by atoms with Gasteiger partial charge in [-0.05, 0) is 38.5 Å². The molecule has 88 valence electrons. The Morgan fingerprint density at radius 1 is 0.867 bits per heavy atom. The van der Waals surface area contributed by atoms with Crippen molar-refractivity contribution >= 4 is 0 Å². The second-order valence-corrected chi connectivity index (χ2v) is 5.48. The number of nitrogens with two attached hydrogens (primary N) is 1. The fraction of sp³-hybridized carbons (Fsp3) is 1.00. The van der Waals surface area contributed by atoms with Gasteiger partial charge < -0.3 is 10.4 Å². The fourth-order valence-corrected chi connectivity index (χ4v) is 3.20. The van der Waals surface area contributed by atoms with E-state index in [1.165, 1.54) is 57.9 Å². The largest absolute Gasteiger partial charge is 0.393 e. The van der Waals surface area contributed by atoms with Crippen LogP contribution in [0.1, 0.15) is 57.8 Å². The summed E-state index contributed by atoms with van der Waals surface area (Å²) in [4.78, 5) is 0. The Labute approximate surface area is 93.5 Å². The number of hydrogen-bond acceptors (Lipinski definition) is 1. The molecule has 0 aromatic carbocycles. The highest BCUT2D eigenvalue weighted by Gasteiger charge is 2.26. The van der Waals surface area contributed by atoms with Gasteiger partial charge in [0.25, 0.3) is 0 Å². The molecular formula is C13H26NO+. The first-order valence-corrected chi connectivity index (χ1v) is 6.87. The summed E-state index contributed by atoms with van der Waals surface area (Å²) in [5, 5.41) is 12.4. The van der Waals surface area contributed by atoms with Crippen molar-refractivity contribution in [2.45, 2.75) is 69.9 Å². The Kier molecular flexibility index (Phi) is 4.45. The minimum absolute atomic E-state index is 0.00131. The molecule has 2 aliphatic rings. The van der Waals surface area contributed by atoms with Crippen LogP contribution in [0.25, 0.3) is 0 Å². The highest BCUT2D eigenvalue weighted by molar-refractivity contribution is 4.73. The molecule has 2 atom stereocenters. The number of aliphatic hydroxyl groups is 1. The molecule has 0 aromatic heterocycles. The van der Waals surface area contributed by atoms with E-state index in [0.29, 0.717) is 5.92 Å². The predicted molar refractivity (Wildman–Crippen MR) is 61.6 cm³/mol. The molecule has 2 rings (SSSR count). The molecule has 2 fully saturated rings. The van der Waals surface area contributed by atoms with Crippen molar-refractivity contribution in [1.29, 1.82) is 0 Å². The maximum atomic E-state index is 9.88. The third kappa shape index (κ3) is 3.46. The van der Waals surface area contributed by atoms with Crippen molar-refractivity contribution < 1.29 is 10.4 Å². The number of aliphatic hydroxyl groups excluding tert-OH is 1. The molecule has 2 heteroatoms. The third-order valence-corrected chi connectivity index (χ3v) is 4.29. The van der Waals surface area contributed by atoms with Gasteiger partial charge in [-0.1, -0.05) is 19.3 Å². The van der Waals surface area contributed by atoms with Crippen LogP contribution in [-0.2, 0) is 0 Å². The van der Waals surface area contributed by atoms with Gasteiger partial charge in [0.15, 0.2) is 0 Å². The summed E-state index contributed by atoms with van der Waals surface area (Å²) in [6.45, 7) is 1.17. The molecule has 2 aliphatic carbocycles. The molecule has 0 spiro atoms. The topological polar surface area (TPSA) is 36.8 Å². The zero-order valence-electron chi connectivity index (χ0n) is 9.83. The lowest BCUT2D eigenvalue weighted by atomic mass is 9.86. The quantitative estimate of drug-likeness (QED) is 0.729. The summed E-state index contributed by atoms with van der Waals surface area (Å²) in [7, 11) is 0. The lowest BCUT2D eigenvalue weighted by Crippen LogP contribution is -2.91. The van der Waals surface area contributed by atoms with Gasteiger partial charge in [-0.15, -0.1) is 0 Å². The van der Waals surface area contributed by atoms with Gasteiger partial charge in [-0.25, -0.2) is 0 Å². The lowest BCUT2D eigenvalue weighted by molar-refractivity contribution is -0.698. The molecular weight excluding hydrogens is 186 g/mol. The molecule has 0 heterocycles. The van der Waals surface area contributed by atoms with Crippen molar-refractivity contribution in [1.82, 2.24) is 0 Å². The molecule has 15 heavy (non-hydrogen) atoms. The number of quaternary nitrogens is 1. The van der Waals surface area contributed by atoms with Crippen LogP contribution in [0.4, 0.5) is 0 Å². The van der Waals surface area contributed by atoms with E-state index in [-0.39, 0.29) is 6.10 Å². The molecule has 2 saturated carbocycles. The van der Waals surface area contributed by atoms with E-state index in [2.05, 4.69) is 5.32 Å². The molecule has 0 amide bonds. The summed E-state index contributed by atoms with van der Waals surface area (Å²) < 4.78 is 0. The third-order valence-electron chi connectivity index (χ3n) is 4.29. The summed E-state index contributed by atoms with van der Waals surface area (Å²) in [5.74, 6) is 0.584. The van der Waals surface area contributed by atoms with Gasteiger partial charge in [-0.2, -0.15) is 0 Å². The zero-order chi connectivity index (χ0) is 10.5. The smallest absolute Gasteiger partial charge is 0.0859 e. The van der Waals surface area contributed by atoms with E-state index in [9.17, 15) is 5.11 Å². The van der Waals surface area contributed by atoms with Crippen molar-refractivity contribution in [3.05, 3.63) is 0 Å². The standard InChI is InChI=1S/C13H25NO/c15-13-9-5-4-6-11(13)10-14-12-7-2-1-3-8-12/h11-15H,1-10H2/p+1/t11-,13+/m0/s1. The number of rotatable bonds is 3. The molecule has 0 radical (unpaired) electrons. The second kappa shape index (κ2) is 5.86. The first-order valence-electron chi connectivity index (χ1n) is 6.87. The molecule has 0 aliphatic heterocycles. The van der Waals surface area contributed by atoms with Gasteiger partial charge >= 0.3 is 0 Å². The van der Waals surface area contributed by atoms with Crippen molar-refractivity contribution in [3.8, 4) is 0 Å². The van der Waals surface area contributed by atoms with Crippen LogP contribution in [-0.4, -0.2) is 23.8 Å². The highest BCUT2D eigenvalue weighted by Crippen LogP contribution is 2.23. The Balaban J connectivity index is 1.67. The van der Waals surface area contributed by atoms with Crippen LogP contribution in [0.5, 0.6) is 0 Å². The first kappa shape index (κ1) is 11.4. The number of hydrogen-bond donors (Lipinski definition) is 2. The van der Waals surface area contributed by atoms with Crippen LogP contribution >= 0.6 is 0 Å². The van der Waals surface area contributed by atoms with E-state index < -0.39 is 0 Å². The van der Waals surface area contributed by atoms with E-state index in [0.717, 1.165) is 12.5 Å². The molecule has 0 bridgehead atoms. The van der Waals surface area contributed by atoms with Crippen LogP contribution in [0.2, 0.25) is 0 Å². The van der Waals surface area contributed by atoms with Crippen LogP contribution in [0, 0.1) is 5.92 Å². The van der Waals surface area contributed by atoms with Gasteiger partial charge in [-0.3, -0.25) is 0 Å². The normalized spacial score (nSPS) is 34.2. The van der Waals surface area contributed by atoms with E-state index in [4.69, 9.17) is 0 Å². The van der Waals surface area contributed by atoms with Crippen LogP contribution < -0.4 is 5.32 Å². The highest BCUT2D eigenvalue weighted by atomic mass is 16.3. The first-order chi connectivity index (χ1) is 7.36. The average molecular weight is 212 g/mol. The van der Waals surface area contributed by atoms with Gasteiger partial charge in [0.05, 0.1) is 18.7 Å². The summed E-state index contributed by atoms with van der Waals surface area (Å²) in [5.41, 5.74) is 0. The Morgan fingerprint density at radius 2 is 1.53 bits per heavy atom. The van der Waals surface area contributed by atoms with Crippen molar-refractivity contribution in [2.24, 2.45) is 5.92 Å². The SMILES string of the molecule is O[C@@H]1CCCC[C@H]1C[NH2+]C1CCCCC1. The van der Waals surface area contributed by atoms with E-state index >= 15 is 0 Å². The molecule has 0 saturated heterocycles. The summed E-state index contributed by atoms with van der Waals surface area (Å²) >= 11 is 0. The van der Waals surface area contributed by atoms with Crippen LogP contribution in [0.15, 0.2) is 0 Å². The maximum Gasteiger partial charge on any atom is 0.0859 e. The minimum atomic E-state index is -0.00131. The second-order valence-electron chi connectivity index (χ2n) is 5.48.